The van der Waals surface area contributed by atoms with Crippen LogP contribution in [0.15, 0.2) is 30.9 Å². The second-order valence-corrected chi connectivity index (χ2v) is 2.63. The minimum absolute atomic E-state index is 1.01. The Kier molecular flexibility index (Phi) is 1.39. The Labute approximate surface area is 66.9 Å². The molecule has 0 amide bonds. The van der Waals surface area contributed by atoms with Gasteiger partial charge in [0.05, 0.1) is 0 Å². The Hall–Kier alpha value is -1.30. The van der Waals surface area contributed by atoms with Crippen molar-refractivity contribution in [3.63, 3.8) is 0 Å². The smallest absolute Gasteiger partial charge is 0.00759 e. The van der Waals surface area contributed by atoms with Crippen molar-refractivity contribution in [3.8, 4) is 0 Å². The molecular weight excluding hydrogens is 132 g/mol. The SMILES string of the molecule is C=Cc1cccc2c1CC=[C]2. The molecular formula is C11H9. The molecule has 1 radical (unpaired) electrons. The van der Waals surface area contributed by atoms with Crippen molar-refractivity contribution in [2.24, 2.45) is 0 Å². The first kappa shape index (κ1) is 6.41. The van der Waals surface area contributed by atoms with Crippen LogP contribution in [0, 0.1) is 6.08 Å². The fraction of sp³-hybridized carbons (Fsp3) is 0.0909. The monoisotopic (exact) mass is 141 g/mol. The van der Waals surface area contributed by atoms with Gasteiger partial charge in [0.15, 0.2) is 0 Å². The zero-order valence-corrected chi connectivity index (χ0v) is 6.30. The summed E-state index contributed by atoms with van der Waals surface area (Å²) in [5.41, 5.74) is 3.83. The summed E-state index contributed by atoms with van der Waals surface area (Å²) >= 11 is 0. The van der Waals surface area contributed by atoms with Crippen LogP contribution >= 0.6 is 0 Å². The standard InChI is InChI=1S/C11H9/c1-2-9-5-3-6-10-7-4-8-11(9)10/h2-6H,1,8H2. The van der Waals surface area contributed by atoms with E-state index >= 15 is 0 Å². The van der Waals surface area contributed by atoms with E-state index in [-0.39, 0.29) is 0 Å². The minimum Gasteiger partial charge on any atom is -0.0985 e. The molecule has 0 spiro atoms. The normalized spacial score (nSPS) is 13.1. The van der Waals surface area contributed by atoms with Crippen LogP contribution in [0.1, 0.15) is 16.7 Å². The van der Waals surface area contributed by atoms with Crippen molar-refractivity contribution >= 4 is 6.08 Å². The van der Waals surface area contributed by atoms with E-state index in [0.29, 0.717) is 0 Å². The molecule has 11 heavy (non-hydrogen) atoms. The highest BCUT2D eigenvalue weighted by Crippen LogP contribution is 2.21. The average Bonchev–Trinajstić information content (AvgIpc) is 2.50. The molecule has 53 valence electrons. The van der Waals surface area contributed by atoms with E-state index in [1.807, 2.05) is 12.1 Å². The molecule has 0 heterocycles. The van der Waals surface area contributed by atoms with Gasteiger partial charge < -0.3 is 0 Å². The molecule has 0 aliphatic heterocycles. The van der Waals surface area contributed by atoms with E-state index in [9.17, 15) is 0 Å². The van der Waals surface area contributed by atoms with Gasteiger partial charge in [-0.15, -0.1) is 0 Å². The predicted octanol–water partition coefficient (Wildman–Crippen LogP) is 2.59. The van der Waals surface area contributed by atoms with Crippen molar-refractivity contribution in [1.29, 1.82) is 0 Å². The van der Waals surface area contributed by atoms with Crippen molar-refractivity contribution in [2.75, 3.05) is 0 Å². The lowest BCUT2D eigenvalue weighted by atomic mass is 10.0. The molecule has 0 aromatic heterocycles. The zero-order chi connectivity index (χ0) is 7.68. The van der Waals surface area contributed by atoms with Crippen molar-refractivity contribution in [2.45, 2.75) is 6.42 Å². The summed E-state index contributed by atoms with van der Waals surface area (Å²) in [6.07, 6.45) is 8.18. The van der Waals surface area contributed by atoms with E-state index in [0.717, 1.165) is 6.42 Å². The molecule has 0 bridgehead atoms. The van der Waals surface area contributed by atoms with Crippen LogP contribution in [0.25, 0.3) is 6.08 Å². The van der Waals surface area contributed by atoms with E-state index in [1.54, 1.807) is 0 Å². The maximum absolute atomic E-state index is 3.77. The Morgan fingerprint density at radius 2 is 2.36 bits per heavy atom. The Morgan fingerprint density at radius 3 is 3.18 bits per heavy atom. The summed E-state index contributed by atoms with van der Waals surface area (Å²) in [6, 6.07) is 6.22. The molecule has 0 atom stereocenters. The van der Waals surface area contributed by atoms with Gasteiger partial charge in [0.2, 0.25) is 0 Å². The number of hydrogen-bond acceptors (Lipinski definition) is 0. The molecule has 0 unspecified atom stereocenters. The predicted molar refractivity (Wildman–Crippen MR) is 47.2 cm³/mol. The van der Waals surface area contributed by atoms with Crippen LogP contribution in [-0.2, 0) is 6.42 Å². The summed E-state index contributed by atoms with van der Waals surface area (Å²) in [5, 5.41) is 0. The molecule has 0 N–H and O–H groups in total. The van der Waals surface area contributed by atoms with Crippen LogP contribution in [0.2, 0.25) is 0 Å². The Balaban J connectivity index is 2.63. The maximum Gasteiger partial charge on any atom is -0.00759 e. The third-order valence-corrected chi connectivity index (χ3v) is 2.00. The molecule has 1 aliphatic rings. The van der Waals surface area contributed by atoms with Gasteiger partial charge in [-0.25, -0.2) is 0 Å². The first-order chi connectivity index (χ1) is 5.42. The quantitative estimate of drug-likeness (QED) is 0.564. The Morgan fingerprint density at radius 1 is 1.45 bits per heavy atom. The van der Waals surface area contributed by atoms with Crippen LogP contribution in [-0.4, -0.2) is 0 Å². The largest absolute Gasteiger partial charge is 0.0985 e. The molecule has 0 saturated heterocycles. The van der Waals surface area contributed by atoms with E-state index in [2.05, 4.69) is 30.9 Å². The third kappa shape index (κ3) is 0.911. The summed E-state index contributed by atoms with van der Waals surface area (Å²) in [4.78, 5) is 0. The molecule has 0 heteroatoms. The third-order valence-electron chi connectivity index (χ3n) is 2.00. The summed E-state index contributed by atoms with van der Waals surface area (Å²) in [6.45, 7) is 3.77. The van der Waals surface area contributed by atoms with E-state index in [1.165, 1.54) is 16.7 Å². The van der Waals surface area contributed by atoms with Crippen molar-refractivity contribution in [1.82, 2.24) is 0 Å². The van der Waals surface area contributed by atoms with Crippen molar-refractivity contribution in [3.05, 3.63) is 53.6 Å². The van der Waals surface area contributed by atoms with Gasteiger partial charge in [-0.2, -0.15) is 0 Å². The summed E-state index contributed by atoms with van der Waals surface area (Å²) in [7, 11) is 0. The lowest BCUT2D eigenvalue weighted by molar-refractivity contribution is 1.30. The number of benzene rings is 1. The molecule has 1 aliphatic carbocycles. The van der Waals surface area contributed by atoms with Crippen LogP contribution in [0.5, 0.6) is 0 Å². The molecule has 0 saturated carbocycles. The molecule has 1 aromatic rings. The van der Waals surface area contributed by atoms with Crippen LogP contribution in [0.4, 0.5) is 0 Å². The zero-order valence-electron chi connectivity index (χ0n) is 6.30. The molecule has 0 fully saturated rings. The number of allylic oxidation sites excluding steroid dienone is 1. The van der Waals surface area contributed by atoms with Crippen LogP contribution < -0.4 is 0 Å². The van der Waals surface area contributed by atoms with Gasteiger partial charge >= 0.3 is 0 Å². The number of fused-ring (bicyclic) bond motifs is 1. The highest BCUT2D eigenvalue weighted by molar-refractivity contribution is 5.57. The minimum atomic E-state index is 1.01. The van der Waals surface area contributed by atoms with E-state index < -0.39 is 0 Å². The summed E-state index contributed by atoms with van der Waals surface area (Å²) in [5.74, 6) is 0. The molecule has 2 rings (SSSR count). The maximum atomic E-state index is 3.77. The molecule has 1 aromatic carbocycles. The van der Waals surface area contributed by atoms with Gasteiger partial charge in [0.1, 0.15) is 0 Å². The average molecular weight is 141 g/mol. The van der Waals surface area contributed by atoms with Crippen LogP contribution in [0.3, 0.4) is 0 Å². The first-order valence-electron chi connectivity index (χ1n) is 3.74. The topological polar surface area (TPSA) is 0 Å². The highest BCUT2D eigenvalue weighted by atomic mass is 14.1. The Bertz CT molecular complexity index is 319. The van der Waals surface area contributed by atoms with Gasteiger partial charge in [0, 0.05) is 0 Å². The fourth-order valence-corrected chi connectivity index (χ4v) is 1.42. The van der Waals surface area contributed by atoms with Crippen molar-refractivity contribution < 1.29 is 0 Å². The van der Waals surface area contributed by atoms with Gasteiger partial charge in [-0.05, 0) is 29.2 Å². The number of hydrogen-bond donors (Lipinski definition) is 0. The second kappa shape index (κ2) is 2.39. The number of rotatable bonds is 1. The highest BCUT2D eigenvalue weighted by Gasteiger charge is 2.06. The first-order valence-corrected chi connectivity index (χ1v) is 3.74. The lowest BCUT2D eigenvalue weighted by Crippen LogP contribution is -1.85. The fourth-order valence-electron chi connectivity index (χ4n) is 1.42. The molecule has 0 nitrogen and oxygen atoms in total. The second-order valence-electron chi connectivity index (χ2n) is 2.63. The van der Waals surface area contributed by atoms with Gasteiger partial charge in [-0.3, -0.25) is 0 Å². The van der Waals surface area contributed by atoms with Gasteiger partial charge in [-0.1, -0.05) is 36.9 Å². The lowest BCUT2D eigenvalue weighted by Gasteiger charge is -2.01. The summed E-state index contributed by atoms with van der Waals surface area (Å²) < 4.78 is 0. The van der Waals surface area contributed by atoms with Gasteiger partial charge in [0.25, 0.3) is 0 Å². The van der Waals surface area contributed by atoms with E-state index in [4.69, 9.17) is 0 Å².